The molecular weight excluding hydrogens is 266 g/mol. The molecule has 0 aromatic heterocycles. The van der Waals surface area contributed by atoms with E-state index >= 15 is 0 Å². The second-order valence-electron chi connectivity index (χ2n) is 5.65. The van der Waals surface area contributed by atoms with Crippen LogP contribution in [0.4, 0.5) is 0 Å². The van der Waals surface area contributed by atoms with Gasteiger partial charge in [-0.3, -0.25) is 9.59 Å². The molecule has 21 heavy (non-hydrogen) atoms. The van der Waals surface area contributed by atoms with Crippen molar-refractivity contribution >= 4 is 11.9 Å². The minimum absolute atomic E-state index is 0.162. The number of hydrogen-bond donors (Lipinski definition) is 2. The SMILES string of the molecule is CCC(CNC(=O)c1c(C)c(C)c(C)c(C)c1C)C(=O)O. The molecule has 0 saturated heterocycles. The predicted molar refractivity (Wildman–Crippen MR) is 83.9 cm³/mol. The van der Waals surface area contributed by atoms with Crippen LogP contribution in [0.25, 0.3) is 0 Å². The Morgan fingerprint density at radius 1 is 0.952 bits per heavy atom. The molecule has 1 rings (SSSR count). The van der Waals surface area contributed by atoms with Crippen LogP contribution >= 0.6 is 0 Å². The molecule has 0 saturated carbocycles. The number of carbonyl (C=O) groups excluding carboxylic acids is 1. The normalized spacial score (nSPS) is 12.1. The molecule has 0 fully saturated rings. The van der Waals surface area contributed by atoms with E-state index < -0.39 is 11.9 Å². The van der Waals surface area contributed by atoms with Crippen LogP contribution in [-0.2, 0) is 4.79 Å². The van der Waals surface area contributed by atoms with Gasteiger partial charge in [0.2, 0.25) is 0 Å². The van der Waals surface area contributed by atoms with E-state index in [1.807, 2.05) is 34.6 Å². The van der Waals surface area contributed by atoms with Gasteiger partial charge in [0.25, 0.3) is 5.91 Å². The van der Waals surface area contributed by atoms with Crippen molar-refractivity contribution in [3.8, 4) is 0 Å². The smallest absolute Gasteiger partial charge is 0.308 e. The van der Waals surface area contributed by atoms with Gasteiger partial charge < -0.3 is 10.4 Å². The van der Waals surface area contributed by atoms with E-state index in [9.17, 15) is 9.59 Å². The second kappa shape index (κ2) is 6.74. The topological polar surface area (TPSA) is 66.4 Å². The van der Waals surface area contributed by atoms with Gasteiger partial charge in [0, 0.05) is 12.1 Å². The van der Waals surface area contributed by atoms with Crippen molar-refractivity contribution in [3.63, 3.8) is 0 Å². The summed E-state index contributed by atoms with van der Waals surface area (Å²) in [6, 6.07) is 0. The van der Waals surface area contributed by atoms with Gasteiger partial charge in [-0.2, -0.15) is 0 Å². The minimum atomic E-state index is -0.873. The van der Waals surface area contributed by atoms with Gasteiger partial charge in [0.1, 0.15) is 0 Å². The summed E-state index contributed by atoms with van der Waals surface area (Å²) < 4.78 is 0. The summed E-state index contributed by atoms with van der Waals surface area (Å²) in [5, 5.41) is 11.8. The average molecular weight is 291 g/mol. The highest BCUT2D eigenvalue weighted by Crippen LogP contribution is 2.25. The first kappa shape index (κ1) is 17.2. The summed E-state index contributed by atoms with van der Waals surface area (Å²) in [5.74, 6) is -1.60. The van der Waals surface area contributed by atoms with Crippen molar-refractivity contribution in [1.29, 1.82) is 0 Å². The molecule has 0 radical (unpaired) electrons. The highest BCUT2D eigenvalue weighted by Gasteiger charge is 2.20. The van der Waals surface area contributed by atoms with Crippen molar-refractivity contribution in [2.75, 3.05) is 6.54 Å². The fourth-order valence-electron chi connectivity index (χ4n) is 2.55. The monoisotopic (exact) mass is 291 g/mol. The molecule has 1 unspecified atom stereocenters. The lowest BCUT2D eigenvalue weighted by atomic mass is 9.89. The maximum absolute atomic E-state index is 12.4. The third kappa shape index (κ3) is 3.43. The Morgan fingerprint density at radius 2 is 1.38 bits per heavy atom. The van der Waals surface area contributed by atoms with Crippen molar-refractivity contribution < 1.29 is 14.7 Å². The molecule has 1 aromatic rings. The molecule has 2 N–H and O–H groups in total. The van der Waals surface area contributed by atoms with Gasteiger partial charge in [-0.05, 0) is 68.9 Å². The van der Waals surface area contributed by atoms with Gasteiger partial charge in [-0.25, -0.2) is 0 Å². The van der Waals surface area contributed by atoms with Gasteiger partial charge in [0.15, 0.2) is 0 Å². The summed E-state index contributed by atoms with van der Waals surface area (Å²) in [7, 11) is 0. The fourth-order valence-corrected chi connectivity index (χ4v) is 2.55. The van der Waals surface area contributed by atoms with Crippen molar-refractivity contribution in [2.45, 2.75) is 48.0 Å². The maximum atomic E-state index is 12.4. The van der Waals surface area contributed by atoms with Crippen molar-refractivity contribution in [3.05, 3.63) is 33.4 Å². The predicted octanol–water partition coefficient (Wildman–Crippen LogP) is 3.07. The number of carboxylic acid groups (broad SMARTS) is 1. The molecule has 1 amide bonds. The molecule has 0 heterocycles. The molecule has 0 spiro atoms. The zero-order chi connectivity index (χ0) is 16.3. The second-order valence-corrected chi connectivity index (χ2v) is 5.65. The molecule has 4 nitrogen and oxygen atoms in total. The van der Waals surface area contributed by atoms with Crippen LogP contribution in [0, 0.1) is 40.5 Å². The molecule has 0 aliphatic carbocycles. The number of nitrogens with one attached hydrogen (secondary N) is 1. The standard InChI is InChI=1S/C17H25NO3/c1-7-14(17(20)21)8-18-16(19)15-12(5)10(3)9(2)11(4)13(15)6/h14H,7-8H2,1-6H3,(H,18,19)(H,20,21). The molecule has 4 heteroatoms. The van der Waals surface area contributed by atoms with Gasteiger partial charge >= 0.3 is 5.97 Å². The quantitative estimate of drug-likeness (QED) is 0.876. The summed E-state index contributed by atoms with van der Waals surface area (Å²) in [6.45, 7) is 11.9. The lowest BCUT2D eigenvalue weighted by Gasteiger charge is -2.19. The Kier molecular flexibility index (Phi) is 5.53. The molecule has 0 aliphatic rings. The number of carbonyl (C=O) groups is 2. The number of amides is 1. The Labute approximate surface area is 126 Å². The average Bonchev–Trinajstić information content (AvgIpc) is 2.43. The zero-order valence-corrected chi connectivity index (χ0v) is 13.8. The summed E-state index contributed by atoms with van der Waals surface area (Å²) >= 11 is 0. The van der Waals surface area contributed by atoms with Crippen LogP contribution in [0.1, 0.15) is 51.5 Å². The first-order valence-corrected chi connectivity index (χ1v) is 7.30. The van der Waals surface area contributed by atoms with Crippen LogP contribution in [0.3, 0.4) is 0 Å². The Morgan fingerprint density at radius 3 is 1.76 bits per heavy atom. The molecule has 116 valence electrons. The lowest BCUT2D eigenvalue weighted by Crippen LogP contribution is -2.33. The van der Waals surface area contributed by atoms with Crippen LogP contribution < -0.4 is 5.32 Å². The first-order valence-electron chi connectivity index (χ1n) is 7.30. The van der Waals surface area contributed by atoms with Gasteiger partial charge in [-0.15, -0.1) is 0 Å². The Hall–Kier alpha value is -1.84. The molecular formula is C17H25NO3. The molecule has 0 bridgehead atoms. The number of benzene rings is 1. The minimum Gasteiger partial charge on any atom is -0.481 e. The van der Waals surface area contributed by atoms with E-state index in [0.717, 1.165) is 22.3 Å². The van der Waals surface area contributed by atoms with E-state index in [4.69, 9.17) is 5.11 Å². The fraction of sp³-hybridized carbons (Fsp3) is 0.529. The maximum Gasteiger partial charge on any atom is 0.308 e. The lowest BCUT2D eigenvalue weighted by molar-refractivity contribution is -0.141. The molecule has 1 aromatic carbocycles. The summed E-state index contributed by atoms with van der Waals surface area (Å²) in [5.41, 5.74) is 6.06. The summed E-state index contributed by atoms with van der Waals surface area (Å²) in [6.07, 6.45) is 0.500. The van der Waals surface area contributed by atoms with E-state index in [-0.39, 0.29) is 12.5 Å². The van der Waals surface area contributed by atoms with E-state index in [1.165, 1.54) is 5.56 Å². The Bertz CT molecular complexity index is 547. The Balaban J connectivity index is 3.07. The van der Waals surface area contributed by atoms with E-state index in [1.54, 1.807) is 0 Å². The zero-order valence-electron chi connectivity index (χ0n) is 13.8. The van der Waals surface area contributed by atoms with Gasteiger partial charge in [0.05, 0.1) is 5.92 Å². The van der Waals surface area contributed by atoms with Crippen molar-refractivity contribution in [1.82, 2.24) is 5.32 Å². The highest BCUT2D eigenvalue weighted by atomic mass is 16.4. The van der Waals surface area contributed by atoms with Crippen LogP contribution in [-0.4, -0.2) is 23.5 Å². The van der Waals surface area contributed by atoms with Gasteiger partial charge in [-0.1, -0.05) is 6.92 Å². The third-order valence-electron chi connectivity index (χ3n) is 4.58. The number of rotatable bonds is 5. The first-order chi connectivity index (χ1) is 9.72. The number of aliphatic carboxylic acids is 1. The summed E-state index contributed by atoms with van der Waals surface area (Å²) in [4.78, 5) is 23.5. The third-order valence-corrected chi connectivity index (χ3v) is 4.58. The van der Waals surface area contributed by atoms with Crippen LogP contribution in [0.2, 0.25) is 0 Å². The van der Waals surface area contributed by atoms with E-state index in [2.05, 4.69) is 12.2 Å². The molecule has 0 aliphatic heterocycles. The number of carboxylic acids is 1. The molecule has 1 atom stereocenters. The van der Waals surface area contributed by atoms with E-state index in [0.29, 0.717) is 12.0 Å². The van der Waals surface area contributed by atoms with Crippen molar-refractivity contribution in [2.24, 2.45) is 5.92 Å². The van der Waals surface area contributed by atoms with Crippen LogP contribution in [0.15, 0.2) is 0 Å². The largest absolute Gasteiger partial charge is 0.481 e. The highest BCUT2D eigenvalue weighted by molar-refractivity contribution is 5.98. The number of hydrogen-bond acceptors (Lipinski definition) is 2. The van der Waals surface area contributed by atoms with Crippen LogP contribution in [0.5, 0.6) is 0 Å².